The number of carbonyl (C=O) groups is 2. The molecule has 1 aliphatic rings. The maximum atomic E-state index is 12.4. The lowest BCUT2D eigenvalue weighted by molar-refractivity contribution is -0.120. The Morgan fingerprint density at radius 2 is 2.15 bits per heavy atom. The summed E-state index contributed by atoms with van der Waals surface area (Å²) in [5.41, 5.74) is 0. The van der Waals surface area contributed by atoms with Gasteiger partial charge in [-0.25, -0.2) is 13.2 Å². The summed E-state index contributed by atoms with van der Waals surface area (Å²) in [4.78, 5) is 21.9. The Hall–Kier alpha value is -1.87. The third kappa shape index (κ3) is 2.68. The summed E-state index contributed by atoms with van der Waals surface area (Å²) in [6, 6.07) is 0.993. The quantitative estimate of drug-likeness (QED) is 0.798. The van der Waals surface area contributed by atoms with Crippen LogP contribution in [0, 0.1) is 6.92 Å². The van der Waals surface area contributed by atoms with E-state index in [1.807, 2.05) is 0 Å². The average molecular weight is 302 g/mol. The van der Waals surface area contributed by atoms with Crippen LogP contribution in [0.4, 0.5) is 0 Å². The fourth-order valence-electron chi connectivity index (χ4n) is 1.95. The molecule has 1 aliphatic heterocycles. The van der Waals surface area contributed by atoms with Gasteiger partial charge in [-0.1, -0.05) is 0 Å². The van der Waals surface area contributed by atoms with Gasteiger partial charge >= 0.3 is 5.97 Å². The van der Waals surface area contributed by atoms with Gasteiger partial charge < -0.3 is 14.8 Å². The van der Waals surface area contributed by atoms with E-state index in [9.17, 15) is 18.0 Å². The normalized spacial score (nSPS) is 17.6. The van der Waals surface area contributed by atoms with Gasteiger partial charge in [0, 0.05) is 32.1 Å². The average Bonchev–Trinajstić information content (AvgIpc) is 2.62. The first-order valence-electron chi connectivity index (χ1n) is 5.93. The Bertz CT molecular complexity index is 648. The zero-order valence-electron chi connectivity index (χ0n) is 10.7. The van der Waals surface area contributed by atoms with Gasteiger partial charge in [0.05, 0.1) is 0 Å². The molecule has 1 amide bonds. The summed E-state index contributed by atoms with van der Waals surface area (Å²) in [7, 11) is -3.87. The Kier molecular flexibility index (Phi) is 3.82. The van der Waals surface area contributed by atoms with Crippen LogP contribution in [0.15, 0.2) is 15.4 Å². The number of amides is 1. The molecule has 1 aromatic rings. The SMILES string of the molecule is Cc1oc(C(=O)O)cc1S(=O)(=O)N1CCNC(=O)CC1. The number of carboxylic acid groups (broad SMARTS) is 1. The minimum Gasteiger partial charge on any atom is -0.475 e. The van der Waals surface area contributed by atoms with E-state index < -0.39 is 21.8 Å². The molecule has 0 unspecified atom stereocenters. The van der Waals surface area contributed by atoms with Gasteiger partial charge in [0.25, 0.3) is 0 Å². The first kappa shape index (κ1) is 14.5. The van der Waals surface area contributed by atoms with E-state index in [0.717, 1.165) is 10.4 Å². The van der Waals surface area contributed by atoms with E-state index in [4.69, 9.17) is 9.52 Å². The molecule has 110 valence electrons. The van der Waals surface area contributed by atoms with Gasteiger partial charge in [-0.2, -0.15) is 4.31 Å². The summed E-state index contributed by atoms with van der Waals surface area (Å²) in [6.07, 6.45) is 0.0713. The van der Waals surface area contributed by atoms with Crippen molar-refractivity contribution in [2.45, 2.75) is 18.2 Å². The number of aryl methyl sites for hydroxylation is 1. The Morgan fingerprint density at radius 1 is 1.45 bits per heavy atom. The fraction of sp³-hybridized carbons (Fsp3) is 0.455. The van der Waals surface area contributed by atoms with Gasteiger partial charge in [-0.15, -0.1) is 0 Å². The molecule has 8 nitrogen and oxygen atoms in total. The van der Waals surface area contributed by atoms with Crippen molar-refractivity contribution in [1.29, 1.82) is 0 Å². The predicted molar refractivity (Wildman–Crippen MR) is 66.8 cm³/mol. The number of hydrogen-bond donors (Lipinski definition) is 2. The molecule has 1 fully saturated rings. The van der Waals surface area contributed by atoms with Gasteiger partial charge in [0.1, 0.15) is 10.7 Å². The number of rotatable bonds is 3. The summed E-state index contributed by atoms with van der Waals surface area (Å²) in [5.74, 6) is -1.95. The lowest BCUT2D eigenvalue weighted by atomic mass is 10.4. The van der Waals surface area contributed by atoms with E-state index in [1.54, 1.807) is 0 Å². The van der Waals surface area contributed by atoms with Crippen molar-refractivity contribution in [2.75, 3.05) is 19.6 Å². The molecule has 2 heterocycles. The van der Waals surface area contributed by atoms with Gasteiger partial charge in [0.2, 0.25) is 21.7 Å². The molecule has 2 N–H and O–H groups in total. The van der Waals surface area contributed by atoms with Crippen molar-refractivity contribution in [3.05, 3.63) is 17.6 Å². The van der Waals surface area contributed by atoms with E-state index in [2.05, 4.69) is 5.32 Å². The molecule has 20 heavy (non-hydrogen) atoms. The number of nitrogens with zero attached hydrogens (tertiary/aromatic N) is 1. The molecule has 9 heteroatoms. The molecule has 0 radical (unpaired) electrons. The van der Waals surface area contributed by atoms with Crippen molar-refractivity contribution in [2.24, 2.45) is 0 Å². The van der Waals surface area contributed by atoms with Crippen LogP contribution >= 0.6 is 0 Å². The number of sulfonamides is 1. The van der Waals surface area contributed by atoms with Crippen molar-refractivity contribution in [3.63, 3.8) is 0 Å². The number of hydrogen-bond acceptors (Lipinski definition) is 5. The zero-order chi connectivity index (χ0) is 14.9. The fourth-order valence-corrected chi connectivity index (χ4v) is 3.56. The number of carbonyl (C=O) groups excluding carboxylic acids is 1. The van der Waals surface area contributed by atoms with Crippen LogP contribution in [0.1, 0.15) is 22.7 Å². The largest absolute Gasteiger partial charge is 0.475 e. The van der Waals surface area contributed by atoms with Crippen LogP contribution in [0.5, 0.6) is 0 Å². The molecule has 0 bridgehead atoms. The van der Waals surface area contributed by atoms with Crippen LogP contribution in [0.25, 0.3) is 0 Å². The van der Waals surface area contributed by atoms with Crippen molar-refractivity contribution in [3.8, 4) is 0 Å². The summed E-state index contributed by atoms with van der Waals surface area (Å²) in [5, 5.41) is 11.4. The highest BCUT2D eigenvalue weighted by Crippen LogP contribution is 2.24. The standard InChI is InChI=1S/C11H14N2O6S/c1-7-9(6-8(19-7)11(15)16)20(17,18)13-4-2-10(14)12-3-5-13/h6H,2-5H2,1H3,(H,12,14)(H,15,16). The molecule has 0 saturated carbocycles. The van der Waals surface area contributed by atoms with E-state index in [0.29, 0.717) is 0 Å². The lowest BCUT2D eigenvalue weighted by Gasteiger charge is -2.18. The molecule has 0 aliphatic carbocycles. The second-order valence-corrected chi connectivity index (χ2v) is 6.25. The topological polar surface area (TPSA) is 117 Å². The Balaban J connectivity index is 2.34. The first-order valence-corrected chi connectivity index (χ1v) is 7.37. The molecule has 0 aromatic carbocycles. The van der Waals surface area contributed by atoms with E-state index in [-0.39, 0.29) is 42.6 Å². The summed E-state index contributed by atoms with van der Waals surface area (Å²) in [6.45, 7) is 1.81. The number of furan rings is 1. The molecule has 2 rings (SSSR count). The molecular formula is C11H14N2O6S. The highest BCUT2D eigenvalue weighted by atomic mass is 32.2. The Labute approximate surface area is 115 Å². The van der Waals surface area contributed by atoms with Crippen molar-refractivity contribution in [1.82, 2.24) is 9.62 Å². The maximum absolute atomic E-state index is 12.4. The Morgan fingerprint density at radius 3 is 2.75 bits per heavy atom. The van der Waals surface area contributed by atoms with E-state index in [1.165, 1.54) is 6.92 Å². The maximum Gasteiger partial charge on any atom is 0.371 e. The zero-order valence-corrected chi connectivity index (χ0v) is 11.6. The first-order chi connectivity index (χ1) is 9.32. The molecule has 0 spiro atoms. The van der Waals surface area contributed by atoms with E-state index >= 15 is 0 Å². The highest BCUT2D eigenvalue weighted by Gasteiger charge is 2.31. The minimum absolute atomic E-state index is 0.0194. The molecule has 1 saturated heterocycles. The second-order valence-electron chi connectivity index (χ2n) is 4.34. The summed E-state index contributed by atoms with van der Waals surface area (Å²) < 4.78 is 30.9. The minimum atomic E-state index is -3.87. The third-order valence-electron chi connectivity index (χ3n) is 2.97. The molecule has 1 aromatic heterocycles. The van der Waals surface area contributed by atoms with Gasteiger partial charge in [-0.3, -0.25) is 4.79 Å². The number of carboxylic acids is 1. The lowest BCUT2D eigenvalue weighted by Crippen LogP contribution is -2.34. The molecular weight excluding hydrogens is 288 g/mol. The molecule has 0 atom stereocenters. The van der Waals surface area contributed by atoms with Crippen LogP contribution < -0.4 is 5.32 Å². The van der Waals surface area contributed by atoms with Crippen LogP contribution in [-0.4, -0.2) is 49.3 Å². The third-order valence-corrected chi connectivity index (χ3v) is 4.98. The highest BCUT2D eigenvalue weighted by molar-refractivity contribution is 7.89. The van der Waals surface area contributed by atoms with Crippen molar-refractivity contribution >= 4 is 21.9 Å². The predicted octanol–water partition coefficient (Wildman–Crippen LogP) is -0.203. The number of nitrogens with one attached hydrogen (secondary N) is 1. The van der Waals surface area contributed by atoms with Crippen LogP contribution in [0.2, 0.25) is 0 Å². The van der Waals surface area contributed by atoms with Crippen molar-refractivity contribution < 1.29 is 27.5 Å². The summed E-state index contributed by atoms with van der Waals surface area (Å²) >= 11 is 0. The van der Waals surface area contributed by atoms with Gasteiger partial charge in [-0.05, 0) is 6.92 Å². The smallest absolute Gasteiger partial charge is 0.371 e. The van der Waals surface area contributed by atoms with Gasteiger partial charge in [0.15, 0.2) is 0 Å². The van der Waals surface area contributed by atoms with Crippen LogP contribution in [0.3, 0.4) is 0 Å². The number of aromatic carboxylic acids is 1. The van der Waals surface area contributed by atoms with Crippen LogP contribution in [-0.2, 0) is 14.8 Å². The monoisotopic (exact) mass is 302 g/mol. The second kappa shape index (κ2) is 5.25.